The Hall–Kier alpha value is -1.80. The summed E-state index contributed by atoms with van der Waals surface area (Å²) in [6.07, 6.45) is -2.61. The fourth-order valence-electron chi connectivity index (χ4n) is 2.23. The van der Waals surface area contributed by atoms with Crippen LogP contribution in [-0.2, 0) is 14.0 Å². The van der Waals surface area contributed by atoms with Gasteiger partial charge in [0.2, 0.25) is 0 Å². The predicted octanol–water partition coefficient (Wildman–Crippen LogP) is 2.44. The molecule has 0 atom stereocenters. The zero-order valence-electron chi connectivity index (χ0n) is 28.1. The van der Waals surface area contributed by atoms with Crippen molar-refractivity contribution in [2.75, 3.05) is 30.9 Å². The molecule has 2 saturated heterocycles. The van der Waals surface area contributed by atoms with Crippen molar-refractivity contribution >= 4 is 24.5 Å². The van der Waals surface area contributed by atoms with E-state index < -0.39 is 79.9 Å². The summed E-state index contributed by atoms with van der Waals surface area (Å²) in [4.78, 5) is 16.4. The van der Waals surface area contributed by atoms with Crippen LogP contribution in [-0.4, -0.2) is 65.9 Å². The summed E-state index contributed by atoms with van der Waals surface area (Å²) in [7, 11) is -1.29. The molecule has 1 aromatic heterocycles. The van der Waals surface area contributed by atoms with E-state index in [9.17, 15) is 4.79 Å². The molecule has 0 aromatic carbocycles. The molecule has 3 rings (SSSR count). The first-order chi connectivity index (χ1) is 17.1. The number of anilines is 1. The summed E-state index contributed by atoms with van der Waals surface area (Å²) in [6, 6.07) is -1.66. The summed E-state index contributed by atoms with van der Waals surface area (Å²) in [5, 5.41) is 0. The first kappa shape index (κ1) is 10.8. The maximum atomic E-state index is 12.9. The lowest BCUT2D eigenvalue weighted by Gasteiger charge is -2.36. The monoisotopic (exact) mass is 400 g/mol. The maximum absolute atomic E-state index is 12.9. The van der Waals surface area contributed by atoms with E-state index >= 15 is 0 Å². The molecule has 1 amide bonds. The summed E-state index contributed by atoms with van der Waals surface area (Å²) in [6.45, 7) is -3.23. The third-order valence-corrected chi connectivity index (χ3v) is 4.41. The second-order valence-corrected chi connectivity index (χ2v) is 8.39. The molecule has 0 bridgehead atoms. The molecule has 0 aliphatic carbocycles. The minimum absolute atomic E-state index is 0.0788. The van der Waals surface area contributed by atoms with Crippen molar-refractivity contribution in [3.05, 3.63) is 18.3 Å². The zero-order valence-corrected chi connectivity index (χ0v) is 17.1. The lowest BCUT2D eigenvalue weighted by Crippen LogP contribution is -2.50. The number of piperazine rings is 1. The van der Waals surface area contributed by atoms with Crippen molar-refractivity contribution in [2.24, 2.45) is 0 Å². The van der Waals surface area contributed by atoms with Gasteiger partial charge in [-0.05, 0) is 60.6 Å². The Kier molecular flexibility index (Phi) is 2.80. The predicted molar refractivity (Wildman–Crippen MR) is 110 cm³/mol. The van der Waals surface area contributed by atoms with E-state index in [4.69, 9.17) is 29.1 Å². The molecule has 0 unspecified atom stereocenters. The number of carbonyl (C=O) groups is 1. The number of aromatic nitrogens is 1. The van der Waals surface area contributed by atoms with Crippen LogP contribution in [0, 0.1) is 0 Å². The molecule has 2 aliphatic heterocycles. The topological polar surface area (TPSA) is 64.1 Å². The normalized spacial score (nSPS) is 34.7. The molecule has 3 heterocycles. The van der Waals surface area contributed by atoms with E-state index in [0.29, 0.717) is 0 Å². The largest absolute Gasteiger partial charge is 0.514 e. The van der Waals surface area contributed by atoms with Crippen molar-refractivity contribution in [1.29, 1.82) is 0 Å². The van der Waals surface area contributed by atoms with Crippen LogP contribution in [0.1, 0.15) is 63.5 Å². The van der Waals surface area contributed by atoms with Gasteiger partial charge in [-0.15, -0.1) is 0 Å². The van der Waals surface area contributed by atoms with Gasteiger partial charge in [-0.2, -0.15) is 0 Å². The first-order valence-electron chi connectivity index (χ1n) is 14.3. The van der Waals surface area contributed by atoms with Crippen molar-refractivity contribution < 1.29 is 33.9 Å². The van der Waals surface area contributed by atoms with E-state index in [1.807, 2.05) is 0 Å². The standard InChI is InChI=1S/C20H32BN3O4/c1-18(2,3)26-17(25)24-12-10-23(11-13-24)15-8-9-16(22-14-15)21-27-19(4,5)20(6,7)28-21/h8-9,14H,10-13H2,1-7H3/i8D,9D,10D2,11D2,12D2,13D2,14D. The highest BCUT2D eigenvalue weighted by molar-refractivity contribution is 6.61. The summed E-state index contributed by atoms with van der Waals surface area (Å²) in [5.74, 6) is 0. The highest BCUT2D eigenvalue weighted by atomic mass is 16.7. The van der Waals surface area contributed by atoms with Crippen molar-refractivity contribution in [2.45, 2.75) is 65.3 Å². The van der Waals surface area contributed by atoms with Gasteiger partial charge in [0.15, 0.2) is 0 Å². The summed E-state index contributed by atoms with van der Waals surface area (Å²) >= 11 is 0. The number of carbonyl (C=O) groups excluding carboxylic acids is 1. The minimum Gasteiger partial charge on any atom is -0.444 e. The molecule has 0 saturated carbocycles. The van der Waals surface area contributed by atoms with Gasteiger partial charge in [-0.3, -0.25) is 4.98 Å². The summed E-state index contributed by atoms with van der Waals surface area (Å²) < 4.78 is 110. The van der Waals surface area contributed by atoms with Crippen LogP contribution in [0.15, 0.2) is 18.3 Å². The van der Waals surface area contributed by atoms with Gasteiger partial charge >= 0.3 is 13.2 Å². The molecule has 0 spiro atoms. The van der Waals surface area contributed by atoms with Gasteiger partial charge in [0.25, 0.3) is 0 Å². The fraction of sp³-hybridized carbons (Fsp3) is 0.700. The maximum Gasteiger partial charge on any atom is 0.514 e. The second-order valence-electron chi connectivity index (χ2n) is 8.39. The van der Waals surface area contributed by atoms with Crippen LogP contribution >= 0.6 is 0 Å². The number of hydrogen-bond donors (Lipinski definition) is 0. The van der Waals surface area contributed by atoms with Crippen LogP contribution < -0.4 is 10.5 Å². The first-order valence-corrected chi connectivity index (χ1v) is 8.82. The van der Waals surface area contributed by atoms with Crippen LogP contribution in [0.3, 0.4) is 0 Å². The van der Waals surface area contributed by atoms with Crippen molar-refractivity contribution in [1.82, 2.24) is 9.88 Å². The van der Waals surface area contributed by atoms with Crippen LogP contribution in [0.25, 0.3) is 0 Å². The van der Waals surface area contributed by atoms with Crippen molar-refractivity contribution in [3.8, 4) is 0 Å². The number of ether oxygens (including phenoxy) is 1. The Morgan fingerprint density at radius 3 is 2.29 bits per heavy atom. The molecule has 1 aromatic rings. The van der Waals surface area contributed by atoms with Gasteiger partial charge in [0.1, 0.15) is 5.60 Å². The van der Waals surface area contributed by atoms with Gasteiger partial charge < -0.3 is 23.8 Å². The SMILES string of the molecule is [2H]c1nc(B2OC(C)(C)C(C)(C)O2)c([2H])c([2H])c1N1C([2H])([2H])C([2H])([2H])N(C(=O)OC(C)(C)C)C([2H])([2H])C1([2H])[2H]. The number of nitrogens with zero attached hydrogens (tertiary/aromatic N) is 3. The van der Waals surface area contributed by atoms with E-state index in [1.165, 1.54) is 20.8 Å². The molecular weight excluding hydrogens is 357 g/mol. The van der Waals surface area contributed by atoms with Crippen LogP contribution in [0.4, 0.5) is 10.5 Å². The van der Waals surface area contributed by atoms with Crippen LogP contribution in [0.2, 0.25) is 0 Å². The molecule has 28 heavy (non-hydrogen) atoms. The average molecular weight is 400 g/mol. The van der Waals surface area contributed by atoms with Gasteiger partial charge in [-0.25, -0.2) is 4.79 Å². The zero-order chi connectivity index (χ0) is 30.5. The average Bonchev–Trinajstić information content (AvgIpc) is 2.91. The number of amides is 1. The third-order valence-electron chi connectivity index (χ3n) is 4.41. The molecular formula is C20H32BN3O4. The van der Waals surface area contributed by atoms with E-state index in [-0.39, 0.29) is 15.4 Å². The third kappa shape index (κ3) is 4.44. The van der Waals surface area contributed by atoms with Gasteiger partial charge in [0, 0.05) is 32.2 Å². The fourth-order valence-corrected chi connectivity index (χ4v) is 2.23. The highest BCUT2D eigenvalue weighted by Gasteiger charge is 2.52. The second kappa shape index (κ2) is 7.23. The van der Waals surface area contributed by atoms with E-state index in [0.717, 1.165) is 0 Å². The molecule has 8 heteroatoms. The molecule has 0 N–H and O–H groups in total. The number of hydrogen-bond acceptors (Lipinski definition) is 6. The lowest BCUT2D eigenvalue weighted by molar-refractivity contribution is 0.00578. The van der Waals surface area contributed by atoms with E-state index in [2.05, 4.69) is 4.98 Å². The summed E-state index contributed by atoms with van der Waals surface area (Å²) in [5.41, 5.74) is -4.30. The smallest absolute Gasteiger partial charge is 0.444 e. The van der Waals surface area contributed by atoms with Crippen LogP contribution in [0.5, 0.6) is 0 Å². The number of rotatable bonds is 2. The van der Waals surface area contributed by atoms with Gasteiger partial charge in [0.05, 0.1) is 37.6 Å². The molecule has 154 valence electrons. The molecule has 2 fully saturated rings. The Morgan fingerprint density at radius 1 is 1.18 bits per heavy atom. The van der Waals surface area contributed by atoms with E-state index in [1.54, 1.807) is 27.7 Å². The quantitative estimate of drug-likeness (QED) is 0.711. The van der Waals surface area contributed by atoms with Gasteiger partial charge in [-0.1, -0.05) is 0 Å². The Balaban J connectivity index is 2.22. The Bertz CT molecular complexity index is 1150. The molecule has 0 radical (unpaired) electrons. The molecule has 2 aliphatic rings. The molecule has 7 nitrogen and oxygen atoms in total. The van der Waals surface area contributed by atoms with Crippen molar-refractivity contribution in [3.63, 3.8) is 0 Å². The lowest BCUT2D eigenvalue weighted by atomic mass is 9.84. The Labute approximate surface area is 183 Å². The number of pyridine rings is 1. The minimum atomic E-state index is -3.60. The Morgan fingerprint density at radius 2 is 1.75 bits per heavy atom. The highest BCUT2D eigenvalue weighted by Crippen LogP contribution is 2.36.